The number of nitrogens with zero attached hydrogens (tertiary/aromatic N) is 1. The summed E-state index contributed by atoms with van der Waals surface area (Å²) in [4.78, 5) is 10.3. The van der Waals surface area contributed by atoms with Gasteiger partial charge in [-0.1, -0.05) is 6.92 Å². The predicted molar refractivity (Wildman–Crippen MR) is 40.8 cm³/mol. The van der Waals surface area contributed by atoms with Crippen LogP contribution in [-0.2, 0) is 4.79 Å². The number of aldehydes is 1. The Morgan fingerprint density at radius 1 is 1.90 bits per heavy atom. The Morgan fingerprint density at radius 3 is 3.00 bits per heavy atom. The molecule has 0 aliphatic carbocycles. The standard InChI is InChI=1S/C6H7BrN2O/c1-4(3-10)6-5(7)2-8-9-6/h2-4H,1H3,(H,8,9). The van der Waals surface area contributed by atoms with E-state index in [9.17, 15) is 4.79 Å². The van der Waals surface area contributed by atoms with Gasteiger partial charge in [0.05, 0.1) is 22.3 Å². The fraction of sp³-hybridized carbons (Fsp3) is 0.333. The number of hydrogen-bond acceptors (Lipinski definition) is 2. The summed E-state index contributed by atoms with van der Waals surface area (Å²) in [6.07, 6.45) is 2.51. The molecule has 0 spiro atoms. The molecule has 0 saturated carbocycles. The zero-order chi connectivity index (χ0) is 7.56. The number of carbonyl (C=O) groups excluding carboxylic acids is 1. The van der Waals surface area contributed by atoms with Gasteiger partial charge in [-0.2, -0.15) is 5.10 Å². The fourth-order valence-corrected chi connectivity index (χ4v) is 1.22. The second-order valence-electron chi connectivity index (χ2n) is 2.06. The maximum atomic E-state index is 10.3. The molecule has 1 atom stereocenters. The summed E-state index contributed by atoms with van der Waals surface area (Å²) in [6.45, 7) is 1.81. The number of aromatic nitrogens is 2. The summed E-state index contributed by atoms with van der Waals surface area (Å²) in [6, 6.07) is 0. The highest BCUT2D eigenvalue weighted by atomic mass is 79.9. The van der Waals surface area contributed by atoms with Crippen LogP contribution in [0, 0.1) is 0 Å². The van der Waals surface area contributed by atoms with Crippen LogP contribution in [0.1, 0.15) is 18.5 Å². The molecule has 1 aromatic heterocycles. The molecule has 3 nitrogen and oxygen atoms in total. The summed E-state index contributed by atoms with van der Waals surface area (Å²) in [5.74, 6) is -0.114. The van der Waals surface area contributed by atoms with Gasteiger partial charge in [-0.15, -0.1) is 0 Å². The molecule has 10 heavy (non-hydrogen) atoms. The summed E-state index contributed by atoms with van der Waals surface area (Å²) in [5.41, 5.74) is 0.829. The Morgan fingerprint density at radius 2 is 2.60 bits per heavy atom. The van der Waals surface area contributed by atoms with E-state index < -0.39 is 0 Å². The molecule has 1 rings (SSSR count). The van der Waals surface area contributed by atoms with Crippen molar-refractivity contribution in [1.82, 2.24) is 10.2 Å². The van der Waals surface area contributed by atoms with Crippen LogP contribution in [-0.4, -0.2) is 16.5 Å². The molecular weight excluding hydrogens is 196 g/mol. The van der Waals surface area contributed by atoms with Crippen molar-refractivity contribution >= 4 is 22.2 Å². The molecule has 0 radical (unpaired) electrons. The molecule has 1 N–H and O–H groups in total. The van der Waals surface area contributed by atoms with Gasteiger partial charge in [0.2, 0.25) is 0 Å². The van der Waals surface area contributed by atoms with Crippen molar-refractivity contribution in [3.8, 4) is 0 Å². The first-order valence-electron chi connectivity index (χ1n) is 2.89. The van der Waals surface area contributed by atoms with Crippen molar-refractivity contribution in [3.63, 3.8) is 0 Å². The molecule has 0 fully saturated rings. The maximum absolute atomic E-state index is 10.3. The van der Waals surface area contributed by atoms with Crippen LogP contribution in [0.2, 0.25) is 0 Å². The number of halogens is 1. The van der Waals surface area contributed by atoms with Gasteiger partial charge < -0.3 is 4.79 Å². The van der Waals surface area contributed by atoms with Gasteiger partial charge in [-0.3, -0.25) is 5.10 Å². The van der Waals surface area contributed by atoms with E-state index in [2.05, 4.69) is 26.1 Å². The van der Waals surface area contributed by atoms with Gasteiger partial charge in [-0.25, -0.2) is 0 Å². The minimum Gasteiger partial charge on any atom is -0.303 e. The van der Waals surface area contributed by atoms with Crippen LogP contribution in [0.15, 0.2) is 10.7 Å². The highest BCUT2D eigenvalue weighted by Crippen LogP contribution is 2.19. The first kappa shape index (κ1) is 7.47. The molecule has 1 aromatic rings. The molecule has 0 aliphatic heterocycles. The molecular formula is C6H7BrN2O. The molecule has 1 unspecified atom stereocenters. The monoisotopic (exact) mass is 202 g/mol. The van der Waals surface area contributed by atoms with Crippen LogP contribution in [0.25, 0.3) is 0 Å². The summed E-state index contributed by atoms with van der Waals surface area (Å²) in [5, 5.41) is 6.49. The van der Waals surface area contributed by atoms with E-state index >= 15 is 0 Å². The lowest BCUT2D eigenvalue weighted by Gasteiger charge is -1.97. The van der Waals surface area contributed by atoms with E-state index in [1.165, 1.54) is 0 Å². The Balaban J connectivity index is 2.92. The van der Waals surface area contributed by atoms with Crippen LogP contribution in [0.3, 0.4) is 0 Å². The second kappa shape index (κ2) is 2.96. The van der Waals surface area contributed by atoms with Crippen molar-refractivity contribution in [2.75, 3.05) is 0 Å². The van der Waals surface area contributed by atoms with Crippen molar-refractivity contribution in [1.29, 1.82) is 0 Å². The van der Waals surface area contributed by atoms with Crippen LogP contribution in [0.5, 0.6) is 0 Å². The summed E-state index contributed by atoms with van der Waals surface area (Å²) < 4.78 is 0.854. The maximum Gasteiger partial charge on any atom is 0.128 e. The molecule has 4 heteroatoms. The fourth-order valence-electron chi connectivity index (χ4n) is 0.669. The highest BCUT2D eigenvalue weighted by Gasteiger charge is 2.08. The van der Waals surface area contributed by atoms with Crippen LogP contribution in [0.4, 0.5) is 0 Å². The second-order valence-corrected chi connectivity index (χ2v) is 2.91. The largest absolute Gasteiger partial charge is 0.303 e. The molecule has 0 aliphatic rings. The molecule has 0 saturated heterocycles. The quantitative estimate of drug-likeness (QED) is 0.739. The number of rotatable bonds is 2. The Hall–Kier alpha value is -0.640. The lowest BCUT2D eigenvalue weighted by atomic mass is 10.1. The number of carbonyl (C=O) groups is 1. The number of hydrogen-bond donors (Lipinski definition) is 1. The Labute approximate surface area is 67.0 Å². The van der Waals surface area contributed by atoms with E-state index in [1.54, 1.807) is 6.20 Å². The van der Waals surface area contributed by atoms with Gasteiger partial charge in [0.1, 0.15) is 6.29 Å². The van der Waals surface area contributed by atoms with Gasteiger partial charge in [0, 0.05) is 0 Å². The average Bonchev–Trinajstić information content (AvgIpc) is 2.34. The van der Waals surface area contributed by atoms with Gasteiger partial charge >= 0.3 is 0 Å². The number of nitrogens with one attached hydrogen (secondary N) is 1. The minimum atomic E-state index is -0.114. The number of H-pyrrole nitrogens is 1. The van der Waals surface area contributed by atoms with Crippen molar-refractivity contribution in [2.24, 2.45) is 0 Å². The van der Waals surface area contributed by atoms with E-state index in [1.807, 2.05) is 6.92 Å². The van der Waals surface area contributed by atoms with Crippen LogP contribution < -0.4 is 0 Å². The SMILES string of the molecule is CC(C=O)c1[nH]ncc1Br. The molecule has 0 bridgehead atoms. The smallest absolute Gasteiger partial charge is 0.128 e. The normalized spacial score (nSPS) is 13.0. The Kier molecular flexibility index (Phi) is 2.21. The minimum absolute atomic E-state index is 0.114. The van der Waals surface area contributed by atoms with E-state index in [0.29, 0.717) is 0 Å². The average molecular weight is 203 g/mol. The van der Waals surface area contributed by atoms with Crippen LogP contribution >= 0.6 is 15.9 Å². The van der Waals surface area contributed by atoms with E-state index in [4.69, 9.17) is 0 Å². The first-order valence-corrected chi connectivity index (χ1v) is 3.69. The van der Waals surface area contributed by atoms with E-state index in [-0.39, 0.29) is 5.92 Å². The van der Waals surface area contributed by atoms with Gasteiger partial charge in [-0.05, 0) is 15.9 Å². The zero-order valence-corrected chi connectivity index (χ0v) is 7.05. The lowest BCUT2D eigenvalue weighted by Crippen LogP contribution is -1.95. The predicted octanol–water partition coefficient (Wildman–Crippen LogP) is 1.47. The lowest BCUT2D eigenvalue weighted by molar-refractivity contribution is -0.108. The van der Waals surface area contributed by atoms with E-state index in [0.717, 1.165) is 16.5 Å². The topological polar surface area (TPSA) is 45.8 Å². The molecule has 54 valence electrons. The van der Waals surface area contributed by atoms with Crippen molar-refractivity contribution in [2.45, 2.75) is 12.8 Å². The molecule has 0 amide bonds. The number of aromatic amines is 1. The summed E-state index contributed by atoms with van der Waals surface area (Å²) >= 11 is 3.26. The third-order valence-corrected chi connectivity index (χ3v) is 1.91. The van der Waals surface area contributed by atoms with Gasteiger partial charge in [0.25, 0.3) is 0 Å². The molecule has 1 heterocycles. The van der Waals surface area contributed by atoms with Gasteiger partial charge in [0.15, 0.2) is 0 Å². The Bertz CT molecular complexity index is 233. The highest BCUT2D eigenvalue weighted by molar-refractivity contribution is 9.10. The van der Waals surface area contributed by atoms with Crippen molar-refractivity contribution in [3.05, 3.63) is 16.4 Å². The molecule has 0 aromatic carbocycles. The third kappa shape index (κ3) is 1.26. The van der Waals surface area contributed by atoms with Crippen molar-refractivity contribution < 1.29 is 4.79 Å². The first-order chi connectivity index (χ1) is 4.75. The third-order valence-electron chi connectivity index (χ3n) is 1.28. The zero-order valence-electron chi connectivity index (χ0n) is 5.47. The summed E-state index contributed by atoms with van der Waals surface area (Å²) in [7, 11) is 0.